The lowest BCUT2D eigenvalue weighted by Gasteiger charge is -2.28. The SMILES string of the molecule is O=C(Nc1cccc(C(F)(F)F)c1)[C@@H]1CS[C@H](Cc2ccccc2F)C(=O)N1. The van der Waals surface area contributed by atoms with Crippen molar-refractivity contribution in [3.63, 3.8) is 0 Å². The number of carbonyl (C=O) groups excluding carboxylic acids is 2. The molecule has 0 saturated carbocycles. The smallest absolute Gasteiger partial charge is 0.343 e. The lowest BCUT2D eigenvalue weighted by molar-refractivity contribution is -0.137. The minimum Gasteiger partial charge on any atom is -0.343 e. The van der Waals surface area contributed by atoms with E-state index in [9.17, 15) is 27.2 Å². The highest BCUT2D eigenvalue weighted by Gasteiger charge is 2.34. The van der Waals surface area contributed by atoms with Gasteiger partial charge in [-0.05, 0) is 36.2 Å². The van der Waals surface area contributed by atoms with Crippen LogP contribution >= 0.6 is 11.8 Å². The van der Waals surface area contributed by atoms with Crippen LogP contribution < -0.4 is 10.6 Å². The first kappa shape index (κ1) is 20.2. The minimum absolute atomic E-state index is 0.00689. The van der Waals surface area contributed by atoms with Crippen LogP contribution in [0, 0.1) is 5.82 Å². The number of alkyl halides is 3. The second-order valence-electron chi connectivity index (χ2n) is 6.25. The second kappa shape index (κ2) is 8.22. The van der Waals surface area contributed by atoms with Gasteiger partial charge in [0.2, 0.25) is 11.8 Å². The summed E-state index contributed by atoms with van der Waals surface area (Å²) in [5, 5.41) is 4.40. The summed E-state index contributed by atoms with van der Waals surface area (Å²) in [5.41, 5.74) is -0.480. The molecule has 0 bridgehead atoms. The van der Waals surface area contributed by atoms with Crippen molar-refractivity contribution in [2.24, 2.45) is 0 Å². The van der Waals surface area contributed by atoms with Crippen LogP contribution in [0.25, 0.3) is 0 Å². The predicted molar refractivity (Wildman–Crippen MR) is 98.4 cm³/mol. The van der Waals surface area contributed by atoms with E-state index in [-0.39, 0.29) is 17.9 Å². The average Bonchev–Trinajstić information content (AvgIpc) is 2.64. The summed E-state index contributed by atoms with van der Waals surface area (Å²) >= 11 is 1.21. The van der Waals surface area contributed by atoms with E-state index < -0.39 is 40.7 Å². The number of amides is 2. The standard InChI is InChI=1S/C19H16F4N2O2S/c20-14-7-2-1-4-11(14)8-16-18(27)25-15(10-28-16)17(26)24-13-6-3-5-12(9-13)19(21,22)23/h1-7,9,15-16H,8,10H2,(H,24,26)(H,25,27)/t15-,16+/m0/s1. The third kappa shape index (κ3) is 4.83. The maximum Gasteiger partial charge on any atom is 0.416 e. The second-order valence-corrected chi connectivity index (χ2v) is 7.48. The summed E-state index contributed by atoms with van der Waals surface area (Å²) in [7, 11) is 0. The Morgan fingerprint density at radius 1 is 1.18 bits per heavy atom. The molecule has 28 heavy (non-hydrogen) atoms. The highest BCUT2D eigenvalue weighted by atomic mass is 32.2. The Bertz CT molecular complexity index is 888. The van der Waals surface area contributed by atoms with Crippen LogP contribution in [0.3, 0.4) is 0 Å². The summed E-state index contributed by atoms with van der Waals surface area (Å²) < 4.78 is 52.0. The maximum absolute atomic E-state index is 13.8. The number of thioether (sulfide) groups is 1. The fraction of sp³-hybridized carbons (Fsp3) is 0.263. The van der Waals surface area contributed by atoms with Gasteiger partial charge in [-0.25, -0.2) is 4.39 Å². The number of carbonyl (C=O) groups is 2. The first-order valence-electron chi connectivity index (χ1n) is 8.37. The van der Waals surface area contributed by atoms with E-state index in [0.29, 0.717) is 5.56 Å². The van der Waals surface area contributed by atoms with Crippen LogP contribution in [0.2, 0.25) is 0 Å². The number of hydrogen-bond donors (Lipinski definition) is 2. The van der Waals surface area contributed by atoms with Crippen molar-refractivity contribution in [2.75, 3.05) is 11.1 Å². The van der Waals surface area contributed by atoms with Gasteiger partial charge in [-0.1, -0.05) is 24.3 Å². The Labute approximate surface area is 162 Å². The normalized spacial score (nSPS) is 19.8. The molecule has 4 nitrogen and oxygen atoms in total. The number of hydrogen-bond acceptors (Lipinski definition) is 3. The van der Waals surface area contributed by atoms with Crippen molar-refractivity contribution in [1.29, 1.82) is 0 Å². The van der Waals surface area contributed by atoms with Crippen LogP contribution in [0.1, 0.15) is 11.1 Å². The Morgan fingerprint density at radius 2 is 1.93 bits per heavy atom. The molecule has 1 aliphatic rings. The van der Waals surface area contributed by atoms with E-state index in [2.05, 4.69) is 10.6 Å². The molecule has 2 aromatic carbocycles. The topological polar surface area (TPSA) is 58.2 Å². The minimum atomic E-state index is -4.52. The average molecular weight is 412 g/mol. The summed E-state index contributed by atoms with van der Waals surface area (Å²) in [5.74, 6) is -1.19. The molecular formula is C19H16F4N2O2S. The van der Waals surface area contributed by atoms with E-state index in [1.807, 2.05) is 0 Å². The molecule has 0 aromatic heterocycles. The summed E-state index contributed by atoms with van der Waals surface area (Å²) in [6.07, 6.45) is -4.33. The highest BCUT2D eigenvalue weighted by molar-refractivity contribution is 8.00. The third-order valence-electron chi connectivity index (χ3n) is 4.21. The molecule has 0 spiro atoms. The third-order valence-corrected chi connectivity index (χ3v) is 5.52. The molecule has 3 rings (SSSR count). The van der Waals surface area contributed by atoms with Crippen molar-refractivity contribution >= 4 is 29.3 Å². The van der Waals surface area contributed by atoms with Crippen LogP contribution in [-0.2, 0) is 22.2 Å². The zero-order valence-electron chi connectivity index (χ0n) is 14.4. The van der Waals surface area contributed by atoms with Crippen molar-refractivity contribution < 1.29 is 27.2 Å². The van der Waals surface area contributed by atoms with Crippen molar-refractivity contribution in [1.82, 2.24) is 5.32 Å². The Hall–Kier alpha value is -2.55. The van der Waals surface area contributed by atoms with Crippen molar-refractivity contribution in [3.05, 3.63) is 65.5 Å². The molecule has 0 aliphatic carbocycles. The number of nitrogens with one attached hydrogen (secondary N) is 2. The fourth-order valence-electron chi connectivity index (χ4n) is 2.75. The highest BCUT2D eigenvalue weighted by Crippen LogP contribution is 2.31. The molecule has 0 unspecified atom stereocenters. The zero-order valence-corrected chi connectivity index (χ0v) is 15.2. The first-order valence-corrected chi connectivity index (χ1v) is 9.42. The quantitative estimate of drug-likeness (QED) is 0.755. The molecule has 2 aromatic rings. The van der Waals surface area contributed by atoms with Gasteiger partial charge in [0, 0.05) is 11.4 Å². The molecular weight excluding hydrogens is 396 g/mol. The Balaban J connectivity index is 1.60. The largest absolute Gasteiger partial charge is 0.416 e. The molecule has 2 N–H and O–H groups in total. The summed E-state index contributed by atoms with van der Waals surface area (Å²) in [6.45, 7) is 0. The van der Waals surface area contributed by atoms with Gasteiger partial charge in [-0.2, -0.15) is 13.2 Å². The molecule has 1 aliphatic heterocycles. The van der Waals surface area contributed by atoms with E-state index in [4.69, 9.17) is 0 Å². The van der Waals surface area contributed by atoms with Gasteiger partial charge in [-0.15, -0.1) is 11.8 Å². The molecule has 148 valence electrons. The van der Waals surface area contributed by atoms with Crippen LogP contribution in [0.15, 0.2) is 48.5 Å². The number of anilines is 1. The van der Waals surface area contributed by atoms with Crippen molar-refractivity contribution in [3.8, 4) is 0 Å². The molecule has 9 heteroatoms. The number of halogens is 4. The molecule has 2 amide bonds. The Morgan fingerprint density at radius 3 is 2.61 bits per heavy atom. The van der Waals surface area contributed by atoms with Crippen LogP contribution in [-0.4, -0.2) is 28.9 Å². The van der Waals surface area contributed by atoms with E-state index in [1.54, 1.807) is 18.2 Å². The number of benzene rings is 2. The van der Waals surface area contributed by atoms with Gasteiger partial charge >= 0.3 is 6.18 Å². The molecule has 1 saturated heterocycles. The monoisotopic (exact) mass is 412 g/mol. The lowest BCUT2D eigenvalue weighted by atomic mass is 10.1. The number of rotatable bonds is 4. The first-order chi connectivity index (χ1) is 13.2. The summed E-state index contributed by atoms with van der Waals surface area (Å²) in [4.78, 5) is 24.6. The van der Waals surface area contributed by atoms with Gasteiger partial charge < -0.3 is 10.6 Å². The van der Waals surface area contributed by atoms with Crippen molar-refractivity contribution in [2.45, 2.75) is 23.9 Å². The lowest BCUT2D eigenvalue weighted by Crippen LogP contribution is -2.52. The fourth-order valence-corrected chi connectivity index (χ4v) is 3.93. The zero-order chi connectivity index (χ0) is 20.3. The van der Waals surface area contributed by atoms with Gasteiger partial charge in [0.25, 0.3) is 0 Å². The van der Waals surface area contributed by atoms with E-state index in [1.165, 1.54) is 30.0 Å². The van der Waals surface area contributed by atoms with Crippen LogP contribution in [0.4, 0.5) is 23.2 Å². The molecule has 1 heterocycles. The van der Waals surface area contributed by atoms with E-state index >= 15 is 0 Å². The van der Waals surface area contributed by atoms with Crippen LogP contribution in [0.5, 0.6) is 0 Å². The van der Waals surface area contributed by atoms with E-state index in [0.717, 1.165) is 12.1 Å². The van der Waals surface area contributed by atoms with Gasteiger partial charge in [-0.3, -0.25) is 9.59 Å². The predicted octanol–water partition coefficient (Wildman–Crippen LogP) is 3.63. The Kier molecular flexibility index (Phi) is 5.93. The molecule has 2 atom stereocenters. The molecule has 1 fully saturated rings. The molecule has 0 radical (unpaired) electrons. The summed E-state index contributed by atoms with van der Waals surface area (Å²) in [6, 6.07) is 9.52. The van der Waals surface area contributed by atoms with Gasteiger partial charge in [0.15, 0.2) is 0 Å². The maximum atomic E-state index is 13.8. The van der Waals surface area contributed by atoms with Gasteiger partial charge in [0.1, 0.15) is 11.9 Å². The van der Waals surface area contributed by atoms with Gasteiger partial charge in [0.05, 0.1) is 10.8 Å².